The molecule has 2 rings (SSSR count). The molecular formula is C13H19ClN2O2. The quantitative estimate of drug-likeness (QED) is 0.835. The van der Waals surface area contributed by atoms with Gasteiger partial charge < -0.3 is 10.1 Å². The number of carbonyl (C=O) groups is 1. The van der Waals surface area contributed by atoms with Gasteiger partial charge in [-0.2, -0.15) is 0 Å². The number of nitrogens with zero attached hydrogens (tertiary/aromatic N) is 1. The van der Waals surface area contributed by atoms with E-state index in [9.17, 15) is 4.79 Å². The Hall–Kier alpha value is -1.10. The number of halogens is 1. The molecule has 0 unspecified atom stereocenters. The van der Waals surface area contributed by atoms with Gasteiger partial charge in [-0.3, -0.25) is 9.69 Å². The third-order valence-corrected chi connectivity index (χ3v) is 2.99. The number of hydrogen-bond donors (Lipinski definition) is 1. The minimum atomic E-state index is 0. The highest BCUT2D eigenvalue weighted by Crippen LogP contribution is 2.12. The van der Waals surface area contributed by atoms with Crippen LogP contribution < -0.4 is 10.1 Å². The molecule has 1 fully saturated rings. The highest BCUT2D eigenvalue weighted by Gasteiger charge is 2.14. The number of carbonyl (C=O) groups excluding carboxylic acids is 1. The number of benzene rings is 1. The number of rotatable bonds is 4. The summed E-state index contributed by atoms with van der Waals surface area (Å²) in [6, 6.07) is 7.29. The normalized spacial score (nSPS) is 15.8. The second-order valence-electron chi connectivity index (χ2n) is 4.18. The van der Waals surface area contributed by atoms with E-state index in [1.54, 1.807) is 7.11 Å². The number of methoxy groups -OCH3 is 1. The standard InChI is InChI=1S/C13H18N2O2.ClH/c1-17-12-4-2-11(3-5-12)13(16)10-15-8-6-14-7-9-15;/h2-5,14H,6-10H2,1H3;1H. The highest BCUT2D eigenvalue weighted by molar-refractivity contribution is 5.97. The van der Waals surface area contributed by atoms with Crippen molar-refractivity contribution in [3.8, 4) is 5.75 Å². The summed E-state index contributed by atoms with van der Waals surface area (Å²) in [6.07, 6.45) is 0. The molecule has 0 spiro atoms. The van der Waals surface area contributed by atoms with E-state index in [4.69, 9.17) is 4.74 Å². The molecule has 0 aliphatic carbocycles. The predicted molar refractivity (Wildman–Crippen MR) is 73.9 cm³/mol. The molecule has 5 heteroatoms. The summed E-state index contributed by atoms with van der Waals surface area (Å²) in [5.41, 5.74) is 0.754. The first-order chi connectivity index (χ1) is 8.29. The Morgan fingerprint density at radius 3 is 2.44 bits per heavy atom. The van der Waals surface area contributed by atoms with E-state index in [0.29, 0.717) is 6.54 Å². The number of piperazine rings is 1. The van der Waals surface area contributed by atoms with Crippen LogP contribution in [0.2, 0.25) is 0 Å². The average molecular weight is 271 g/mol. The first kappa shape index (κ1) is 15.0. The zero-order valence-corrected chi connectivity index (χ0v) is 11.3. The van der Waals surface area contributed by atoms with Gasteiger partial charge in [-0.25, -0.2) is 0 Å². The van der Waals surface area contributed by atoms with Crippen LogP contribution in [0.5, 0.6) is 5.75 Å². The lowest BCUT2D eigenvalue weighted by atomic mass is 10.1. The molecule has 1 heterocycles. The minimum Gasteiger partial charge on any atom is -0.497 e. The van der Waals surface area contributed by atoms with Crippen LogP contribution in [0.25, 0.3) is 0 Å². The zero-order valence-electron chi connectivity index (χ0n) is 10.5. The Morgan fingerprint density at radius 1 is 1.28 bits per heavy atom. The fourth-order valence-corrected chi connectivity index (χ4v) is 1.94. The van der Waals surface area contributed by atoms with Gasteiger partial charge >= 0.3 is 0 Å². The summed E-state index contributed by atoms with van der Waals surface area (Å²) in [4.78, 5) is 14.2. The van der Waals surface area contributed by atoms with Crippen LogP contribution in [0.3, 0.4) is 0 Å². The third kappa shape index (κ3) is 3.98. The van der Waals surface area contributed by atoms with E-state index >= 15 is 0 Å². The number of ether oxygens (including phenoxy) is 1. The van der Waals surface area contributed by atoms with Crippen molar-refractivity contribution in [2.75, 3.05) is 39.8 Å². The maximum Gasteiger partial charge on any atom is 0.176 e. The molecule has 100 valence electrons. The zero-order chi connectivity index (χ0) is 12.1. The number of nitrogens with one attached hydrogen (secondary N) is 1. The second-order valence-corrected chi connectivity index (χ2v) is 4.18. The van der Waals surface area contributed by atoms with Gasteiger partial charge in [-0.1, -0.05) is 0 Å². The van der Waals surface area contributed by atoms with Crippen molar-refractivity contribution in [3.05, 3.63) is 29.8 Å². The molecule has 0 radical (unpaired) electrons. The Bertz CT molecular complexity index is 375. The average Bonchev–Trinajstić information content (AvgIpc) is 2.40. The number of ketones is 1. The van der Waals surface area contributed by atoms with Crippen LogP contribution in [0.1, 0.15) is 10.4 Å². The molecule has 1 N–H and O–H groups in total. The van der Waals surface area contributed by atoms with Crippen LogP contribution >= 0.6 is 12.4 Å². The molecule has 1 aromatic rings. The van der Waals surface area contributed by atoms with Gasteiger partial charge in [0.2, 0.25) is 0 Å². The number of hydrogen-bond acceptors (Lipinski definition) is 4. The smallest absolute Gasteiger partial charge is 0.176 e. The van der Waals surface area contributed by atoms with Gasteiger partial charge in [0.1, 0.15) is 5.75 Å². The van der Waals surface area contributed by atoms with Crippen LogP contribution in [0.4, 0.5) is 0 Å². The largest absolute Gasteiger partial charge is 0.497 e. The van der Waals surface area contributed by atoms with Crippen molar-refractivity contribution in [1.82, 2.24) is 10.2 Å². The summed E-state index contributed by atoms with van der Waals surface area (Å²) >= 11 is 0. The topological polar surface area (TPSA) is 41.6 Å². The van der Waals surface area contributed by atoms with Crippen molar-refractivity contribution in [3.63, 3.8) is 0 Å². The Balaban J connectivity index is 0.00000162. The fraction of sp³-hybridized carbons (Fsp3) is 0.462. The summed E-state index contributed by atoms with van der Waals surface area (Å²) in [5.74, 6) is 0.957. The van der Waals surface area contributed by atoms with Gasteiger partial charge in [-0.15, -0.1) is 12.4 Å². The predicted octanol–water partition coefficient (Wildman–Crippen LogP) is 1.20. The fourth-order valence-electron chi connectivity index (χ4n) is 1.94. The molecule has 1 aliphatic heterocycles. The van der Waals surface area contributed by atoms with E-state index in [1.807, 2.05) is 24.3 Å². The summed E-state index contributed by atoms with van der Waals surface area (Å²) in [5, 5.41) is 3.27. The van der Waals surface area contributed by atoms with Gasteiger partial charge in [0, 0.05) is 31.7 Å². The number of Topliss-reactive ketones (excluding diaryl/α,β-unsaturated/α-hetero) is 1. The summed E-state index contributed by atoms with van der Waals surface area (Å²) in [7, 11) is 1.62. The lowest BCUT2D eigenvalue weighted by Gasteiger charge is -2.26. The monoisotopic (exact) mass is 270 g/mol. The SMILES string of the molecule is COc1ccc(C(=O)CN2CCNCC2)cc1.Cl. The molecular weight excluding hydrogens is 252 g/mol. The molecule has 18 heavy (non-hydrogen) atoms. The summed E-state index contributed by atoms with van der Waals surface area (Å²) in [6.45, 7) is 4.34. The molecule has 0 bridgehead atoms. The van der Waals surface area contributed by atoms with Gasteiger partial charge in [-0.05, 0) is 24.3 Å². The van der Waals surface area contributed by atoms with E-state index < -0.39 is 0 Å². The van der Waals surface area contributed by atoms with Crippen LogP contribution in [-0.2, 0) is 0 Å². The molecule has 4 nitrogen and oxygen atoms in total. The maximum atomic E-state index is 12.0. The van der Waals surface area contributed by atoms with Gasteiger partial charge in [0.05, 0.1) is 13.7 Å². The van der Waals surface area contributed by atoms with E-state index in [1.165, 1.54) is 0 Å². The lowest BCUT2D eigenvalue weighted by Crippen LogP contribution is -2.45. The van der Waals surface area contributed by atoms with Crippen LogP contribution in [0.15, 0.2) is 24.3 Å². The lowest BCUT2D eigenvalue weighted by molar-refractivity contribution is 0.0921. The second kappa shape index (κ2) is 7.36. The van der Waals surface area contributed by atoms with E-state index in [-0.39, 0.29) is 18.2 Å². The Morgan fingerprint density at radius 2 is 1.89 bits per heavy atom. The van der Waals surface area contributed by atoms with Gasteiger partial charge in [0.25, 0.3) is 0 Å². The summed E-state index contributed by atoms with van der Waals surface area (Å²) < 4.78 is 5.07. The molecule has 1 aliphatic rings. The minimum absolute atomic E-state index is 0. The van der Waals surface area contributed by atoms with Crippen molar-refractivity contribution < 1.29 is 9.53 Å². The molecule has 0 saturated carbocycles. The van der Waals surface area contributed by atoms with Crippen molar-refractivity contribution in [1.29, 1.82) is 0 Å². The van der Waals surface area contributed by atoms with Gasteiger partial charge in [0.15, 0.2) is 5.78 Å². The molecule has 1 aromatic carbocycles. The van der Waals surface area contributed by atoms with Crippen molar-refractivity contribution in [2.24, 2.45) is 0 Å². The first-order valence-corrected chi connectivity index (χ1v) is 5.90. The molecule has 1 saturated heterocycles. The van der Waals surface area contributed by atoms with Crippen molar-refractivity contribution >= 4 is 18.2 Å². The maximum absolute atomic E-state index is 12.0. The van der Waals surface area contributed by atoms with E-state index in [0.717, 1.165) is 37.5 Å². The molecule has 0 atom stereocenters. The van der Waals surface area contributed by atoms with Crippen molar-refractivity contribution in [2.45, 2.75) is 0 Å². The van der Waals surface area contributed by atoms with E-state index in [2.05, 4.69) is 10.2 Å². The highest BCUT2D eigenvalue weighted by atomic mass is 35.5. The first-order valence-electron chi connectivity index (χ1n) is 5.90. The third-order valence-electron chi connectivity index (χ3n) is 2.99. The molecule has 0 aromatic heterocycles. The Kier molecular flexibility index (Phi) is 6.12. The van der Waals surface area contributed by atoms with Crippen LogP contribution in [-0.4, -0.2) is 50.5 Å². The van der Waals surface area contributed by atoms with Crippen LogP contribution in [0, 0.1) is 0 Å². The molecule has 0 amide bonds. The Labute approximate surface area is 114 Å².